The van der Waals surface area contributed by atoms with Gasteiger partial charge in [0.1, 0.15) is 11.9 Å². The van der Waals surface area contributed by atoms with Crippen LogP contribution in [0.15, 0.2) is 114 Å². The summed E-state index contributed by atoms with van der Waals surface area (Å²) >= 11 is 3.35. The van der Waals surface area contributed by atoms with Crippen LogP contribution in [-0.4, -0.2) is 23.2 Å². The minimum absolute atomic E-state index is 0.276. The van der Waals surface area contributed by atoms with Crippen molar-refractivity contribution in [3.63, 3.8) is 0 Å². The molecule has 0 aliphatic rings. The minimum Gasteiger partial charge on any atom is -0.505 e. The van der Waals surface area contributed by atoms with Crippen LogP contribution in [0, 0.1) is 5.82 Å². The predicted molar refractivity (Wildman–Crippen MR) is 164 cm³/mol. The molecule has 10 heteroatoms. The predicted octanol–water partition coefficient (Wildman–Crippen LogP) is 7.59. The quantitative estimate of drug-likeness (QED) is 0.0997. The molecular formula is C32H29BrFN3O5. The van der Waals surface area contributed by atoms with Crippen molar-refractivity contribution in [2.75, 3.05) is 16.4 Å². The number of rotatable bonds is 11. The molecule has 2 atom stereocenters. The number of ether oxygens (including phenoxy) is 2. The Hall–Kier alpha value is -4.83. The summed E-state index contributed by atoms with van der Waals surface area (Å²) in [6.07, 6.45) is 1.00. The van der Waals surface area contributed by atoms with Gasteiger partial charge in [0.25, 0.3) is 0 Å². The number of phenolic OH excluding ortho intramolecular Hbond substituents is 1. The Bertz CT molecular complexity index is 1530. The van der Waals surface area contributed by atoms with E-state index in [1.807, 2.05) is 6.07 Å². The summed E-state index contributed by atoms with van der Waals surface area (Å²) in [7, 11) is 0. The summed E-state index contributed by atoms with van der Waals surface area (Å²) in [6.45, 7) is 0. The lowest BCUT2D eigenvalue weighted by molar-refractivity contribution is -0.111. The third-order valence-electron chi connectivity index (χ3n) is 6.10. The average Bonchev–Trinajstić information content (AvgIpc) is 2.98. The molecule has 2 amide bonds. The molecule has 42 heavy (non-hydrogen) atoms. The minimum atomic E-state index is -1.08. The van der Waals surface area contributed by atoms with E-state index in [9.17, 15) is 19.1 Å². The third-order valence-corrected chi connectivity index (χ3v) is 6.63. The highest BCUT2D eigenvalue weighted by atomic mass is 79.9. The van der Waals surface area contributed by atoms with Crippen LogP contribution in [0.25, 0.3) is 0 Å². The van der Waals surface area contributed by atoms with Crippen molar-refractivity contribution in [2.24, 2.45) is 0 Å². The number of nitrogens with two attached hydrogens (primary N) is 1. The fourth-order valence-corrected chi connectivity index (χ4v) is 4.30. The van der Waals surface area contributed by atoms with Gasteiger partial charge in [0, 0.05) is 10.2 Å². The molecule has 0 aliphatic carbocycles. The smallest absolute Gasteiger partial charge is 0.412 e. The molecule has 5 N–H and O–H groups in total. The zero-order valence-electron chi connectivity index (χ0n) is 22.4. The number of carbonyl (C=O) groups excluding carboxylic acids is 2. The second-order valence-electron chi connectivity index (χ2n) is 9.19. The number of carbonyl (C=O) groups is 2. The molecule has 0 fully saturated rings. The van der Waals surface area contributed by atoms with Crippen LogP contribution >= 0.6 is 15.9 Å². The van der Waals surface area contributed by atoms with Gasteiger partial charge in [0.15, 0.2) is 17.7 Å². The summed E-state index contributed by atoms with van der Waals surface area (Å²) in [5, 5.41) is 15.2. The maximum absolute atomic E-state index is 14.4. The van der Waals surface area contributed by atoms with E-state index < -0.39 is 29.9 Å². The largest absolute Gasteiger partial charge is 0.505 e. The van der Waals surface area contributed by atoms with E-state index in [1.54, 1.807) is 78.9 Å². The Morgan fingerprint density at radius 2 is 1.67 bits per heavy atom. The molecule has 0 aromatic heterocycles. The molecule has 4 aromatic carbocycles. The summed E-state index contributed by atoms with van der Waals surface area (Å²) in [4.78, 5) is 25.4. The van der Waals surface area contributed by atoms with Crippen molar-refractivity contribution in [1.82, 2.24) is 0 Å². The van der Waals surface area contributed by atoms with Crippen molar-refractivity contribution < 1.29 is 28.6 Å². The Kier molecular flexibility index (Phi) is 10.5. The highest BCUT2D eigenvalue weighted by Crippen LogP contribution is 2.31. The van der Waals surface area contributed by atoms with Crippen molar-refractivity contribution >= 4 is 45.0 Å². The second kappa shape index (κ2) is 14.7. The number of aromatic hydroxyl groups is 1. The van der Waals surface area contributed by atoms with Gasteiger partial charge in [-0.2, -0.15) is 0 Å². The molecule has 4 aromatic rings. The number of hydrogen-bond donors (Lipinski definition) is 4. The molecule has 4 rings (SSSR count). The Labute approximate surface area is 251 Å². The van der Waals surface area contributed by atoms with Crippen LogP contribution in [0.4, 0.5) is 26.2 Å². The maximum atomic E-state index is 14.4. The molecule has 216 valence electrons. The van der Waals surface area contributed by atoms with Gasteiger partial charge in [-0.1, -0.05) is 58.4 Å². The molecule has 0 radical (unpaired) electrons. The van der Waals surface area contributed by atoms with Crippen molar-refractivity contribution in [3.05, 3.63) is 125 Å². The van der Waals surface area contributed by atoms with Gasteiger partial charge in [0.2, 0.25) is 5.91 Å². The Balaban J connectivity index is 1.55. The second-order valence-corrected chi connectivity index (χ2v) is 10.1. The molecule has 0 spiro atoms. The first kappa shape index (κ1) is 30.1. The van der Waals surface area contributed by atoms with E-state index in [4.69, 9.17) is 15.2 Å². The molecule has 0 saturated heterocycles. The first-order chi connectivity index (χ1) is 20.3. The first-order valence-electron chi connectivity index (χ1n) is 13.0. The van der Waals surface area contributed by atoms with Crippen LogP contribution in [0.2, 0.25) is 0 Å². The first-order valence-corrected chi connectivity index (χ1v) is 13.8. The van der Waals surface area contributed by atoms with Gasteiger partial charge in [-0.05, 0) is 85.1 Å². The number of amides is 2. The Morgan fingerprint density at radius 3 is 2.38 bits per heavy atom. The summed E-state index contributed by atoms with van der Waals surface area (Å²) in [6, 6.07) is 26.5. The lowest BCUT2D eigenvalue weighted by Crippen LogP contribution is -2.31. The topological polar surface area (TPSA) is 123 Å². The highest BCUT2D eigenvalue weighted by molar-refractivity contribution is 9.10. The van der Waals surface area contributed by atoms with E-state index in [2.05, 4.69) is 26.6 Å². The zero-order chi connectivity index (χ0) is 29.9. The van der Waals surface area contributed by atoms with E-state index in [0.717, 1.165) is 10.5 Å². The van der Waals surface area contributed by atoms with Crippen molar-refractivity contribution in [3.8, 4) is 11.5 Å². The SMILES string of the molecule is Nc1ccccc1NC(=O)/C=C/CC[C@@H](Oc1ccccc1)[C@H](OC(=O)Nc1ccc(Br)cc1)c1ccc(O)c(F)c1. The number of halogens is 2. The highest BCUT2D eigenvalue weighted by Gasteiger charge is 2.30. The maximum Gasteiger partial charge on any atom is 0.412 e. The molecule has 8 nitrogen and oxygen atoms in total. The van der Waals surface area contributed by atoms with E-state index in [0.29, 0.717) is 29.2 Å². The van der Waals surface area contributed by atoms with Crippen LogP contribution < -0.4 is 21.1 Å². The number of allylic oxidation sites excluding steroid dienone is 1. The number of nitrogen functional groups attached to an aromatic ring is 1. The molecular weight excluding hydrogens is 605 g/mol. The number of hydrogen-bond acceptors (Lipinski definition) is 6. The van der Waals surface area contributed by atoms with Gasteiger partial charge < -0.3 is 25.6 Å². The summed E-state index contributed by atoms with van der Waals surface area (Å²) < 4.78 is 27.3. The number of para-hydroxylation sites is 3. The monoisotopic (exact) mass is 633 g/mol. The van der Waals surface area contributed by atoms with Gasteiger partial charge in [-0.15, -0.1) is 0 Å². The number of anilines is 3. The molecule has 0 saturated carbocycles. The summed E-state index contributed by atoms with van der Waals surface area (Å²) in [5.74, 6) is -1.27. The number of benzene rings is 4. The van der Waals surface area contributed by atoms with Crippen LogP contribution in [-0.2, 0) is 9.53 Å². The number of nitrogens with one attached hydrogen (secondary N) is 2. The fourth-order valence-electron chi connectivity index (χ4n) is 4.04. The third kappa shape index (κ3) is 8.84. The van der Waals surface area contributed by atoms with Crippen molar-refractivity contribution in [1.29, 1.82) is 0 Å². The molecule has 0 aliphatic heterocycles. The lowest BCUT2D eigenvalue weighted by Gasteiger charge is -2.28. The Morgan fingerprint density at radius 1 is 0.952 bits per heavy atom. The van der Waals surface area contributed by atoms with Crippen LogP contribution in [0.1, 0.15) is 24.5 Å². The van der Waals surface area contributed by atoms with E-state index in [-0.39, 0.29) is 17.9 Å². The van der Waals surface area contributed by atoms with E-state index >= 15 is 0 Å². The molecule has 0 unspecified atom stereocenters. The van der Waals surface area contributed by atoms with Gasteiger partial charge in [-0.3, -0.25) is 10.1 Å². The van der Waals surface area contributed by atoms with Gasteiger partial charge in [-0.25, -0.2) is 9.18 Å². The lowest BCUT2D eigenvalue weighted by atomic mass is 9.99. The van der Waals surface area contributed by atoms with E-state index in [1.165, 1.54) is 18.2 Å². The number of phenols is 1. The van der Waals surface area contributed by atoms with Crippen LogP contribution in [0.3, 0.4) is 0 Å². The zero-order valence-corrected chi connectivity index (χ0v) is 24.0. The van der Waals surface area contributed by atoms with Gasteiger partial charge >= 0.3 is 6.09 Å². The van der Waals surface area contributed by atoms with Crippen molar-refractivity contribution in [2.45, 2.75) is 25.0 Å². The van der Waals surface area contributed by atoms with Gasteiger partial charge in [0.05, 0.1) is 11.4 Å². The standard InChI is InChI=1S/C32H29BrFN3O5/c33-22-15-17-23(18-16-22)36-32(40)42-31(21-14-19-28(38)25(34)20-21)29(41-24-8-2-1-3-9-24)12-6-7-13-30(39)37-27-11-5-4-10-26(27)35/h1-5,7-11,13-20,29,31,38H,6,12,35H2,(H,36,40)(H,37,39)/b13-7+/t29-,31-/m1/s1. The fraction of sp³-hybridized carbons (Fsp3) is 0.125. The normalized spacial score (nSPS) is 12.3. The average molecular weight is 635 g/mol. The van der Waals surface area contributed by atoms with Crippen LogP contribution in [0.5, 0.6) is 11.5 Å². The molecule has 0 bridgehead atoms. The summed E-state index contributed by atoms with van der Waals surface area (Å²) in [5.41, 5.74) is 7.60. The molecule has 0 heterocycles.